The SMILES string of the molecule is CCCCCCCCCCCCCCCCCC(=O)CC(C)(O)CC(O)C(=O)O. The molecule has 5 heteroatoms. The Morgan fingerprint density at radius 2 is 1.14 bits per heavy atom. The maximum Gasteiger partial charge on any atom is 0.332 e. The van der Waals surface area contributed by atoms with Crippen molar-refractivity contribution in [3.8, 4) is 0 Å². The number of aliphatic hydroxyl groups is 2. The Bertz CT molecular complexity index is 419. The summed E-state index contributed by atoms with van der Waals surface area (Å²) in [6.07, 6.45) is 17.5. The third kappa shape index (κ3) is 18.8. The first kappa shape index (κ1) is 28.1. The number of carboxylic acids is 1. The maximum absolute atomic E-state index is 12.0. The predicted octanol–water partition coefficient (Wildman–Crippen LogP) is 5.79. The summed E-state index contributed by atoms with van der Waals surface area (Å²) >= 11 is 0. The van der Waals surface area contributed by atoms with Crippen LogP contribution in [0.3, 0.4) is 0 Å². The summed E-state index contributed by atoms with van der Waals surface area (Å²) in [4.78, 5) is 22.6. The zero-order valence-electron chi connectivity index (χ0n) is 19.0. The third-order valence-corrected chi connectivity index (χ3v) is 5.56. The molecule has 0 amide bonds. The highest BCUT2D eigenvalue weighted by Crippen LogP contribution is 2.20. The molecular formula is C24H46O5. The highest BCUT2D eigenvalue weighted by Gasteiger charge is 2.30. The number of carboxylic acid groups (broad SMARTS) is 1. The molecule has 0 fully saturated rings. The number of hydrogen-bond acceptors (Lipinski definition) is 4. The fraction of sp³-hybridized carbons (Fsp3) is 0.917. The van der Waals surface area contributed by atoms with Gasteiger partial charge in [-0.25, -0.2) is 4.79 Å². The van der Waals surface area contributed by atoms with Gasteiger partial charge in [0, 0.05) is 19.3 Å². The molecule has 0 aliphatic heterocycles. The number of carbonyl (C=O) groups is 2. The second-order valence-corrected chi connectivity index (χ2v) is 8.97. The molecule has 0 bridgehead atoms. The van der Waals surface area contributed by atoms with E-state index in [-0.39, 0.29) is 18.6 Å². The molecule has 0 spiro atoms. The van der Waals surface area contributed by atoms with E-state index >= 15 is 0 Å². The van der Waals surface area contributed by atoms with Gasteiger partial charge in [-0.1, -0.05) is 96.8 Å². The lowest BCUT2D eigenvalue weighted by Crippen LogP contribution is -2.35. The van der Waals surface area contributed by atoms with E-state index in [2.05, 4.69) is 6.92 Å². The van der Waals surface area contributed by atoms with Crippen LogP contribution in [0.2, 0.25) is 0 Å². The van der Waals surface area contributed by atoms with Crippen molar-refractivity contribution >= 4 is 11.8 Å². The summed E-state index contributed by atoms with van der Waals surface area (Å²) in [5, 5.41) is 28.1. The Morgan fingerprint density at radius 1 is 0.759 bits per heavy atom. The molecule has 0 radical (unpaired) electrons. The molecule has 0 heterocycles. The molecule has 29 heavy (non-hydrogen) atoms. The van der Waals surface area contributed by atoms with Crippen molar-refractivity contribution in [2.75, 3.05) is 0 Å². The summed E-state index contributed by atoms with van der Waals surface area (Å²) in [6.45, 7) is 3.66. The van der Waals surface area contributed by atoms with E-state index < -0.39 is 17.7 Å². The average molecular weight is 415 g/mol. The maximum atomic E-state index is 12.0. The van der Waals surface area contributed by atoms with Crippen LogP contribution in [0.15, 0.2) is 0 Å². The van der Waals surface area contributed by atoms with Gasteiger partial charge in [-0.3, -0.25) is 4.79 Å². The number of aliphatic carboxylic acids is 1. The minimum atomic E-state index is -1.64. The van der Waals surface area contributed by atoms with E-state index in [1.807, 2.05) is 0 Å². The molecule has 172 valence electrons. The normalized spacial score (nSPS) is 14.5. The van der Waals surface area contributed by atoms with Crippen LogP contribution in [0, 0.1) is 0 Å². The first-order chi connectivity index (χ1) is 13.8. The quantitative estimate of drug-likeness (QED) is 0.207. The van der Waals surface area contributed by atoms with Gasteiger partial charge in [0.05, 0.1) is 5.60 Å². The molecule has 0 saturated carbocycles. The molecule has 3 N–H and O–H groups in total. The number of aliphatic hydroxyl groups excluding tert-OH is 1. The summed E-state index contributed by atoms with van der Waals surface area (Å²) in [7, 11) is 0. The lowest BCUT2D eigenvalue weighted by Gasteiger charge is -2.23. The zero-order chi connectivity index (χ0) is 22.0. The molecule has 0 aromatic rings. The summed E-state index contributed by atoms with van der Waals surface area (Å²) in [5.74, 6) is -1.44. The van der Waals surface area contributed by atoms with Gasteiger partial charge < -0.3 is 15.3 Å². The third-order valence-electron chi connectivity index (χ3n) is 5.56. The number of rotatable bonds is 21. The molecular weight excluding hydrogens is 368 g/mol. The highest BCUT2D eigenvalue weighted by molar-refractivity contribution is 5.79. The molecule has 2 unspecified atom stereocenters. The van der Waals surface area contributed by atoms with E-state index in [9.17, 15) is 19.8 Å². The van der Waals surface area contributed by atoms with E-state index in [1.165, 1.54) is 84.0 Å². The summed E-state index contributed by atoms with van der Waals surface area (Å²) in [6, 6.07) is 0. The van der Waals surface area contributed by atoms with Gasteiger partial charge in [0.15, 0.2) is 6.10 Å². The van der Waals surface area contributed by atoms with Crippen molar-refractivity contribution in [3.05, 3.63) is 0 Å². The van der Waals surface area contributed by atoms with Crippen molar-refractivity contribution in [1.29, 1.82) is 0 Å². The van der Waals surface area contributed by atoms with Crippen LogP contribution in [-0.2, 0) is 9.59 Å². The molecule has 0 saturated heterocycles. The van der Waals surface area contributed by atoms with Gasteiger partial charge in [-0.15, -0.1) is 0 Å². The molecule has 0 aliphatic carbocycles. The van der Waals surface area contributed by atoms with Crippen molar-refractivity contribution in [1.82, 2.24) is 0 Å². The average Bonchev–Trinajstić information content (AvgIpc) is 2.63. The van der Waals surface area contributed by atoms with Crippen LogP contribution in [0.25, 0.3) is 0 Å². The lowest BCUT2D eigenvalue weighted by atomic mass is 9.91. The van der Waals surface area contributed by atoms with Crippen molar-refractivity contribution < 1.29 is 24.9 Å². The number of hydrogen-bond donors (Lipinski definition) is 3. The van der Waals surface area contributed by atoms with Gasteiger partial charge >= 0.3 is 5.97 Å². The first-order valence-electron chi connectivity index (χ1n) is 11.9. The van der Waals surface area contributed by atoms with E-state index in [4.69, 9.17) is 5.11 Å². The molecule has 5 nitrogen and oxygen atoms in total. The van der Waals surface area contributed by atoms with Gasteiger partial charge in [0.1, 0.15) is 5.78 Å². The van der Waals surface area contributed by atoms with Crippen LogP contribution in [-0.4, -0.2) is 38.8 Å². The second-order valence-electron chi connectivity index (χ2n) is 8.97. The van der Waals surface area contributed by atoms with E-state index in [0.717, 1.165) is 19.3 Å². The predicted molar refractivity (Wildman–Crippen MR) is 118 cm³/mol. The molecule has 0 aromatic carbocycles. The Labute approximate surface area is 178 Å². The number of Topliss-reactive ketones (excluding diaryl/α,β-unsaturated/α-hetero) is 1. The first-order valence-corrected chi connectivity index (χ1v) is 11.9. The smallest absolute Gasteiger partial charge is 0.332 e. The van der Waals surface area contributed by atoms with Crippen molar-refractivity contribution in [2.24, 2.45) is 0 Å². The lowest BCUT2D eigenvalue weighted by molar-refractivity contribution is -0.151. The summed E-state index contributed by atoms with van der Waals surface area (Å²) < 4.78 is 0. The van der Waals surface area contributed by atoms with Crippen LogP contribution in [0.5, 0.6) is 0 Å². The fourth-order valence-electron chi connectivity index (χ4n) is 3.78. The topological polar surface area (TPSA) is 94.8 Å². The molecule has 0 aromatic heterocycles. The number of carbonyl (C=O) groups excluding carboxylic acids is 1. The fourth-order valence-corrected chi connectivity index (χ4v) is 3.78. The van der Waals surface area contributed by atoms with Crippen LogP contribution in [0.4, 0.5) is 0 Å². The number of unbranched alkanes of at least 4 members (excludes halogenated alkanes) is 14. The molecule has 0 aliphatic rings. The Kier molecular flexibility index (Phi) is 17.3. The Morgan fingerprint density at radius 3 is 1.52 bits per heavy atom. The standard InChI is InChI=1S/C24H46O5/c1-3-4-5-6-7-8-9-10-11-12-13-14-15-16-17-18-21(25)19-24(2,29)20-22(26)23(27)28/h22,26,29H,3-20H2,1-2H3,(H,27,28). The van der Waals surface area contributed by atoms with Crippen molar-refractivity contribution in [2.45, 2.75) is 141 Å². The van der Waals surface area contributed by atoms with Crippen LogP contribution < -0.4 is 0 Å². The minimum absolute atomic E-state index is 0.0673. The zero-order valence-corrected chi connectivity index (χ0v) is 19.0. The molecule has 2 atom stereocenters. The van der Waals surface area contributed by atoms with Gasteiger partial charge in [-0.2, -0.15) is 0 Å². The van der Waals surface area contributed by atoms with E-state index in [0.29, 0.717) is 6.42 Å². The highest BCUT2D eigenvalue weighted by atomic mass is 16.4. The minimum Gasteiger partial charge on any atom is -0.479 e. The van der Waals surface area contributed by atoms with Gasteiger partial charge in [0.2, 0.25) is 0 Å². The van der Waals surface area contributed by atoms with Gasteiger partial charge in [0.25, 0.3) is 0 Å². The largest absolute Gasteiger partial charge is 0.479 e. The summed E-state index contributed by atoms with van der Waals surface area (Å²) in [5.41, 5.74) is -1.47. The Balaban J connectivity index is 3.45. The number of ketones is 1. The van der Waals surface area contributed by atoms with E-state index in [1.54, 1.807) is 0 Å². The monoisotopic (exact) mass is 414 g/mol. The van der Waals surface area contributed by atoms with Crippen LogP contribution in [0.1, 0.15) is 129 Å². The van der Waals surface area contributed by atoms with Gasteiger partial charge in [-0.05, 0) is 13.3 Å². The Hall–Kier alpha value is -0.940. The second kappa shape index (κ2) is 17.9. The van der Waals surface area contributed by atoms with Crippen molar-refractivity contribution in [3.63, 3.8) is 0 Å². The van der Waals surface area contributed by atoms with Crippen LogP contribution >= 0.6 is 0 Å². The molecule has 0 rings (SSSR count).